The molecular weight excluding hydrogens is 1020 g/mol. The predicted octanol–water partition coefficient (Wildman–Crippen LogP) is 9.55. The number of carbonyl (C=O) groups is 4. The van der Waals surface area contributed by atoms with Gasteiger partial charge < -0.3 is 49.6 Å². The molecule has 75 heavy (non-hydrogen) atoms. The number of thiazole rings is 2. The number of rotatable bonds is 13. The molecule has 2 aliphatic heterocycles. The maximum atomic E-state index is 12.5. The minimum Gasteiger partial charge on any atom is -0.461 e. The number of benzene rings is 2. The third-order valence-electron chi connectivity index (χ3n) is 11.2. The van der Waals surface area contributed by atoms with E-state index in [-0.39, 0.29) is 18.1 Å². The van der Waals surface area contributed by atoms with Crippen LogP contribution in [-0.4, -0.2) is 131 Å². The van der Waals surface area contributed by atoms with E-state index in [9.17, 15) is 19.2 Å². The SMILES string of the molecule is CCOC(=O)c1csc(N2CCN(c3nc([C@H](CC)NC(=O)OC(C)(C)C)nc4ccccc34)CC2)n1.CCOC(=O)c1csc(N2CCNCC2)n1.CC[C@H](NC(=O)OC(C)(C)C)c1nc(Cl)c2ccccc2n1. The molecule has 2 amide bonds. The van der Waals surface area contributed by atoms with Crippen LogP contribution in [0.5, 0.6) is 0 Å². The van der Waals surface area contributed by atoms with Gasteiger partial charge in [-0.1, -0.05) is 49.7 Å². The van der Waals surface area contributed by atoms with Crippen LogP contribution in [0.15, 0.2) is 59.3 Å². The lowest BCUT2D eigenvalue weighted by molar-refractivity contribution is 0.0488. The average molecular weight is 1090 g/mol. The first-order valence-electron chi connectivity index (χ1n) is 25.2. The first-order valence-corrected chi connectivity index (χ1v) is 27.3. The van der Waals surface area contributed by atoms with Gasteiger partial charge in [-0.2, -0.15) is 0 Å². The van der Waals surface area contributed by atoms with Gasteiger partial charge in [0.05, 0.1) is 36.3 Å². The number of ether oxygens (including phenoxy) is 4. The van der Waals surface area contributed by atoms with Crippen LogP contribution in [0.2, 0.25) is 5.15 Å². The molecule has 404 valence electrons. The summed E-state index contributed by atoms with van der Waals surface area (Å²) in [5.41, 5.74) is 1.20. The van der Waals surface area contributed by atoms with Gasteiger partial charge >= 0.3 is 24.1 Å². The van der Waals surface area contributed by atoms with E-state index in [1.807, 2.05) is 104 Å². The lowest BCUT2D eigenvalue weighted by Gasteiger charge is -2.36. The minimum absolute atomic E-state index is 0.325. The molecule has 0 saturated carbocycles. The first-order chi connectivity index (χ1) is 35.8. The maximum absolute atomic E-state index is 12.5. The molecule has 0 aliphatic carbocycles. The van der Waals surface area contributed by atoms with E-state index in [0.29, 0.717) is 54.2 Å². The normalized spacial score (nSPS) is 14.6. The highest BCUT2D eigenvalue weighted by molar-refractivity contribution is 7.14. The zero-order valence-corrected chi connectivity index (χ0v) is 46.8. The van der Waals surface area contributed by atoms with Crippen LogP contribution in [0.3, 0.4) is 0 Å². The smallest absolute Gasteiger partial charge is 0.408 e. The molecule has 23 heteroatoms. The van der Waals surface area contributed by atoms with Crippen molar-refractivity contribution in [2.45, 2.75) is 105 Å². The topological polar surface area (TPSA) is 228 Å². The van der Waals surface area contributed by atoms with E-state index in [4.69, 9.17) is 40.5 Å². The molecule has 2 aliphatic rings. The second-order valence-corrected chi connectivity index (χ2v) is 21.2. The molecule has 6 heterocycles. The molecule has 4 aromatic heterocycles. The summed E-state index contributed by atoms with van der Waals surface area (Å²) < 4.78 is 20.7. The Labute approximate surface area is 451 Å². The molecule has 0 bridgehead atoms. The van der Waals surface area contributed by atoms with Crippen LogP contribution in [0.4, 0.5) is 25.7 Å². The van der Waals surface area contributed by atoms with Crippen molar-refractivity contribution in [3.63, 3.8) is 0 Å². The highest BCUT2D eigenvalue weighted by atomic mass is 35.5. The number of nitrogens with zero attached hydrogens (tertiary/aromatic N) is 9. The number of anilines is 3. The Morgan fingerprint density at radius 1 is 0.600 bits per heavy atom. The van der Waals surface area contributed by atoms with Crippen LogP contribution in [0.25, 0.3) is 21.8 Å². The minimum atomic E-state index is -0.591. The molecule has 2 aromatic carbocycles. The summed E-state index contributed by atoms with van der Waals surface area (Å²) in [5, 5.41) is 16.3. The Bertz CT molecular complexity index is 2860. The summed E-state index contributed by atoms with van der Waals surface area (Å²) in [4.78, 5) is 81.7. The lowest BCUT2D eigenvalue weighted by Crippen LogP contribution is -2.47. The number of aromatic nitrogens is 6. The number of alkyl carbamates (subject to hydrolysis) is 2. The van der Waals surface area contributed by atoms with Crippen molar-refractivity contribution in [1.82, 2.24) is 45.9 Å². The third-order valence-corrected chi connectivity index (χ3v) is 13.3. The van der Waals surface area contributed by atoms with Crippen LogP contribution < -0.4 is 30.7 Å². The molecule has 8 rings (SSSR count). The quantitative estimate of drug-likeness (QED) is 0.0555. The Balaban J connectivity index is 0.000000203. The lowest BCUT2D eigenvalue weighted by atomic mass is 10.1. The van der Waals surface area contributed by atoms with Crippen molar-refractivity contribution in [2.24, 2.45) is 0 Å². The van der Waals surface area contributed by atoms with Crippen molar-refractivity contribution < 1.29 is 38.1 Å². The van der Waals surface area contributed by atoms with E-state index in [1.165, 1.54) is 22.7 Å². The Hall–Kier alpha value is -6.49. The van der Waals surface area contributed by atoms with Gasteiger partial charge in [0.2, 0.25) is 0 Å². The summed E-state index contributed by atoms with van der Waals surface area (Å²) >= 11 is 9.15. The molecule has 0 radical (unpaired) electrons. The Morgan fingerprint density at radius 2 is 1.03 bits per heavy atom. The second kappa shape index (κ2) is 26.8. The summed E-state index contributed by atoms with van der Waals surface area (Å²) in [6, 6.07) is 14.7. The van der Waals surface area contributed by atoms with Crippen LogP contribution in [0.1, 0.15) is 127 Å². The molecule has 3 N–H and O–H groups in total. The number of piperazine rings is 2. The number of halogens is 1. The Morgan fingerprint density at radius 3 is 1.49 bits per heavy atom. The zero-order valence-electron chi connectivity index (χ0n) is 44.4. The number of fused-ring (bicyclic) bond motifs is 2. The van der Waals surface area contributed by atoms with Crippen LogP contribution in [-0.2, 0) is 18.9 Å². The summed E-state index contributed by atoms with van der Waals surface area (Å²) in [5.74, 6) is 1.16. The van der Waals surface area contributed by atoms with E-state index in [1.54, 1.807) is 24.6 Å². The first kappa shape index (κ1) is 57.8. The summed E-state index contributed by atoms with van der Waals surface area (Å²) in [7, 11) is 0. The average Bonchev–Trinajstić information content (AvgIpc) is 4.09. The monoisotopic (exact) mass is 1090 g/mol. The molecular formula is C52H69ClN12O8S2. The maximum Gasteiger partial charge on any atom is 0.408 e. The largest absolute Gasteiger partial charge is 0.461 e. The van der Waals surface area contributed by atoms with Gasteiger partial charge in [-0.15, -0.1) is 22.7 Å². The predicted molar refractivity (Wildman–Crippen MR) is 295 cm³/mol. The van der Waals surface area contributed by atoms with Crippen molar-refractivity contribution in [3.05, 3.63) is 87.5 Å². The number of para-hydroxylation sites is 2. The fraction of sp³-hybridized carbons (Fsp3) is 0.500. The van der Waals surface area contributed by atoms with Gasteiger partial charge in [0, 0.05) is 73.9 Å². The van der Waals surface area contributed by atoms with Crippen molar-refractivity contribution >= 4 is 96.3 Å². The fourth-order valence-electron chi connectivity index (χ4n) is 7.67. The standard InChI is InChI=1S/C26H34N6O4S.C16H20ClN3O2.C10H15N3O2S/c1-6-18(29-25(34)36-26(3,4)5)21-27-19-11-9-8-10-17(19)22(30-21)31-12-14-32(15-13-31)24-28-20(16-37-24)23(33)35-7-2;1-5-11(19-15(21)22-16(2,3)4)14-18-12-9-7-6-8-10(12)13(17)20-14;1-2-15-9(14)8-7-16-10(12-8)13-5-3-11-4-6-13/h8-11,16,18H,6-7,12-15H2,1-5H3,(H,29,34);6-9,11H,5H2,1-4H3,(H,19,21);7,11H,2-6H2,1H3/t18-;11-;/m00./s1. The van der Waals surface area contributed by atoms with Gasteiger partial charge in [-0.05, 0) is 92.5 Å². The van der Waals surface area contributed by atoms with Gasteiger partial charge in [0.1, 0.15) is 22.2 Å². The van der Waals surface area contributed by atoms with Crippen molar-refractivity contribution in [1.29, 1.82) is 0 Å². The number of esters is 2. The number of hydrogen-bond acceptors (Lipinski definition) is 20. The Kier molecular flexibility index (Phi) is 20.7. The molecule has 6 aromatic rings. The zero-order chi connectivity index (χ0) is 54.3. The van der Waals surface area contributed by atoms with Gasteiger partial charge in [0.25, 0.3) is 0 Å². The van der Waals surface area contributed by atoms with E-state index < -0.39 is 29.4 Å². The molecule has 2 atom stereocenters. The second-order valence-electron chi connectivity index (χ2n) is 19.2. The third kappa shape index (κ3) is 16.8. The fourth-order valence-corrected chi connectivity index (χ4v) is 9.61. The van der Waals surface area contributed by atoms with Gasteiger partial charge in [-0.3, -0.25) is 0 Å². The van der Waals surface area contributed by atoms with E-state index in [2.05, 4.69) is 50.6 Å². The van der Waals surface area contributed by atoms with E-state index in [0.717, 1.165) is 90.2 Å². The highest BCUT2D eigenvalue weighted by Gasteiger charge is 2.28. The van der Waals surface area contributed by atoms with Gasteiger partial charge in [-0.25, -0.2) is 49.1 Å². The molecule has 20 nitrogen and oxygen atoms in total. The highest BCUT2D eigenvalue weighted by Crippen LogP contribution is 2.30. The molecule has 2 fully saturated rings. The molecule has 2 saturated heterocycles. The van der Waals surface area contributed by atoms with Crippen molar-refractivity contribution in [2.75, 3.05) is 80.3 Å². The number of hydrogen-bond donors (Lipinski definition) is 3. The van der Waals surface area contributed by atoms with Crippen molar-refractivity contribution in [3.8, 4) is 0 Å². The number of nitrogens with one attached hydrogen (secondary N) is 3. The van der Waals surface area contributed by atoms with Crippen LogP contribution >= 0.6 is 34.3 Å². The number of amides is 2. The number of carbonyl (C=O) groups excluding carboxylic acids is 4. The molecule has 0 unspecified atom stereocenters. The summed E-state index contributed by atoms with van der Waals surface area (Å²) in [6.07, 6.45) is 0.273. The molecule has 0 spiro atoms. The van der Waals surface area contributed by atoms with Gasteiger partial charge in [0.15, 0.2) is 33.3 Å². The van der Waals surface area contributed by atoms with Crippen LogP contribution in [0, 0.1) is 0 Å². The van der Waals surface area contributed by atoms with E-state index >= 15 is 0 Å². The summed E-state index contributed by atoms with van der Waals surface area (Å²) in [6.45, 7) is 25.9.